The summed E-state index contributed by atoms with van der Waals surface area (Å²) in [4.78, 5) is 16.3. The normalized spacial score (nSPS) is 12.1. The zero-order valence-corrected chi connectivity index (χ0v) is 19.2. The maximum absolute atomic E-state index is 12.8. The Hall–Kier alpha value is -4.39. The fourth-order valence-electron chi connectivity index (χ4n) is 3.76. The third-order valence-electron chi connectivity index (χ3n) is 5.77. The lowest BCUT2D eigenvalue weighted by molar-refractivity contribution is -0.139. The zero-order valence-electron chi connectivity index (χ0n) is 19.2. The van der Waals surface area contributed by atoms with E-state index in [-0.39, 0.29) is 6.42 Å². The van der Waals surface area contributed by atoms with Crippen molar-refractivity contribution in [2.75, 3.05) is 0 Å². The Morgan fingerprint density at radius 2 is 1.39 bits per heavy atom. The lowest BCUT2D eigenvalue weighted by Gasteiger charge is -2.18. The maximum atomic E-state index is 12.8. The van der Waals surface area contributed by atoms with Gasteiger partial charge in [-0.3, -0.25) is 4.98 Å². The minimum absolute atomic E-state index is 0.160. The number of nitrogens with one attached hydrogen (secondary N) is 1. The van der Waals surface area contributed by atoms with Crippen LogP contribution in [0.25, 0.3) is 28.0 Å². The Labute approximate surface area is 206 Å². The van der Waals surface area contributed by atoms with Gasteiger partial charge >= 0.3 is 12.1 Å². The summed E-state index contributed by atoms with van der Waals surface area (Å²) in [5, 5.41) is 12.7. The van der Waals surface area contributed by atoms with Gasteiger partial charge in [-0.1, -0.05) is 79.4 Å². The molecular weight excluding hydrogens is 465 g/mol. The molecule has 4 aromatic rings. The molecule has 1 unspecified atom stereocenters. The van der Waals surface area contributed by atoms with Crippen LogP contribution in [0.1, 0.15) is 16.8 Å². The van der Waals surface area contributed by atoms with Crippen molar-refractivity contribution in [1.82, 2.24) is 10.3 Å². The van der Waals surface area contributed by atoms with Crippen LogP contribution >= 0.6 is 0 Å². The van der Waals surface area contributed by atoms with Crippen LogP contribution in [0.5, 0.6) is 0 Å². The minimum atomic E-state index is -4.38. The second kappa shape index (κ2) is 10.5. The molecule has 2 N–H and O–H groups in total. The molecule has 0 bridgehead atoms. The van der Waals surface area contributed by atoms with Crippen molar-refractivity contribution in [2.45, 2.75) is 18.6 Å². The van der Waals surface area contributed by atoms with E-state index in [2.05, 4.69) is 16.9 Å². The molecular formula is C29H23F3N2O2. The minimum Gasteiger partial charge on any atom is -0.480 e. The van der Waals surface area contributed by atoms with E-state index in [0.29, 0.717) is 22.5 Å². The number of aromatic nitrogens is 1. The number of hydrogen-bond donors (Lipinski definition) is 2. The molecule has 0 aliphatic carbocycles. The smallest absolute Gasteiger partial charge is 0.416 e. The lowest BCUT2D eigenvalue weighted by atomic mass is 10.0. The summed E-state index contributed by atoms with van der Waals surface area (Å²) in [6.45, 7) is 3.96. The van der Waals surface area contributed by atoms with Crippen LogP contribution in [-0.4, -0.2) is 22.1 Å². The molecule has 0 saturated heterocycles. The molecule has 0 saturated carbocycles. The van der Waals surface area contributed by atoms with Crippen molar-refractivity contribution in [1.29, 1.82) is 0 Å². The number of nitrogens with zero attached hydrogens (tertiary/aromatic N) is 1. The third-order valence-corrected chi connectivity index (χ3v) is 5.77. The number of halogens is 3. The van der Waals surface area contributed by atoms with E-state index < -0.39 is 23.8 Å². The highest BCUT2D eigenvalue weighted by atomic mass is 19.4. The van der Waals surface area contributed by atoms with Gasteiger partial charge in [-0.05, 0) is 40.5 Å². The van der Waals surface area contributed by atoms with Crippen LogP contribution in [0.15, 0.2) is 104 Å². The first-order valence-corrected chi connectivity index (χ1v) is 11.2. The molecule has 4 rings (SSSR count). The van der Waals surface area contributed by atoms with E-state index in [1.54, 1.807) is 30.5 Å². The summed E-state index contributed by atoms with van der Waals surface area (Å²) in [6.07, 6.45) is -2.50. The summed E-state index contributed by atoms with van der Waals surface area (Å²) in [5.74, 6) is -1.04. The van der Waals surface area contributed by atoms with Gasteiger partial charge < -0.3 is 10.4 Å². The van der Waals surface area contributed by atoms with Gasteiger partial charge in [-0.25, -0.2) is 4.79 Å². The van der Waals surface area contributed by atoms with Crippen LogP contribution in [0.3, 0.4) is 0 Å². The fourth-order valence-corrected chi connectivity index (χ4v) is 3.76. The molecule has 7 heteroatoms. The van der Waals surface area contributed by atoms with E-state index >= 15 is 0 Å². The van der Waals surface area contributed by atoms with Gasteiger partial charge in [-0.15, -0.1) is 0 Å². The van der Waals surface area contributed by atoms with Crippen LogP contribution in [-0.2, 0) is 17.4 Å². The van der Waals surface area contributed by atoms with Crippen LogP contribution in [0.4, 0.5) is 13.2 Å². The quantitative estimate of drug-likeness (QED) is 0.290. The predicted molar refractivity (Wildman–Crippen MR) is 134 cm³/mol. The molecule has 0 radical (unpaired) electrons. The van der Waals surface area contributed by atoms with Crippen molar-refractivity contribution in [3.05, 3.63) is 121 Å². The summed E-state index contributed by atoms with van der Waals surface area (Å²) in [5.41, 5.74) is 4.35. The van der Waals surface area contributed by atoms with E-state index in [9.17, 15) is 23.1 Å². The van der Waals surface area contributed by atoms with Gasteiger partial charge in [-0.2, -0.15) is 13.2 Å². The van der Waals surface area contributed by atoms with Crippen molar-refractivity contribution in [2.24, 2.45) is 0 Å². The largest absolute Gasteiger partial charge is 0.480 e. The summed E-state index contributed by atoms with van der Waals surface area (Å²) >= 11 is 0. The van der Waals surface area contributed by atoms with Gasteiger partial charge in [0.05, 0.1) is 5.56 Å². The molecule has 1 atom stereocenters. The van der Waals surface area contributed by atoms with Gasteiger partial charge in [0.2, 0.25) is 0 Å². The van der Waals surface area contributed by atoms with Gasteiger partial charge in [0.1, 0.15) is 6.04 Å². The first-order valence-electron chi connectivity index (χ1n) is 11.2. The van der Waals surface area contributed by atoms with Gasteiger partial charge in [0.25, 0.3) is 0 Å². The molecule has 1 heterocycles. The monoisotopic (exact) mass is 488 g/mol. The molecule has 0 spiro atoms. The molecule has 182 valence electrons. The number of hydrogen-bond acceptors (Lipinski definition) is 3. The second-order valence-corrected chi connectivity index (χ2v) is 8.27. The highest BCUT2D eigenvalue weighted by Gasteiger charge is 2.30. The molecule has 1 aromatic heterocycles. The SMILES string of the molecule is C=C(NC(Cc1ccc(-c2ccccc2)cn1)C(=O)O)c1ccc(-c2ccc(C(F)(F)F)cc2)cc1. The highest BCUT2D eigenvalue weighted by molar-refractivity contribution is 5.77. The molecule has 0 fully saturated rings. The third kappa shape index (κ3) is 5.99. The van der Waals surface area contributed by atoms with Crippen LogP contribution in [0, 0.1) is 0 Å². The Kier molecular flexibility index (Phi) is 7.20. The zero-order chi connectivity index (χ0) is 25.7. The molecule has 36 heavy (non-hydrogen) atoms. The number of pyridine rings is 1. The summed E-state index contributed by atoms with van der Waals surface area (Å²) < 4.78 is 38.4. The average molecular weight is 489 g/mol. The average Bonchev–Trinajstić information content (AvgIpc) is 2.89. The first kappa shape index (κ1) is 24.7. The molecule has 0 amide bonds. The number of carbonyl (C=O) groups is 1. The Bertz CT molecular complexity index is 1330. The highest BCUT2D eigenvalue weighted by Crippen LogP contribution is 2.31. The van der Waals surface area contributed by atoms with E-state index in [4.69, 9.17) is 0 Å². The number of alkyl halides is 3. The first-order chi connectivity index (χ1) is 17.2. The Morgan fingerprint density at radius 1 is 0.833 bits per heavy atom. The van der Waals surface area contributed by atoms with Crippen molar-refractivity contribution in [3.8, 4) is 22.3 Å². The van der Waals surface area contributed by atoms with Gasteiger partial charge in [0.15, 0.2) is 0 Å². The number of benzene rings is 3. The predicted octanol–water partition coefficient (Wildman–Crippen LogP) is 6.69. The van der Waals surface area contributed by atoms with E-state index in [0.717, 1.165) is 28.8 Å². The van der Waals surface area contributed by atoms with Crippen LogP contribution in [0.2, 0.25) is 0 Å². The Balaban J connectivity index is 1.42. The number of carboxylic acids is 1. The van der Waals surface area contributed by atoms with Gasteiger partial charge in [0, 0.05) is 29.6 Å². The van der Waals surface area contributed by atoms with Crippen LogP contribution < -0.4 is 5.32 Å². The molecule has 3 aromatic carbocycles. The lowest BCUT2D eigenvalue weighted by Crippen LogP contribution is -2.37. The topological polar surface area (TPSA) is 62.2 Å². The molecule has 4 nitrogen and oxygen atoms in total. The Morgan fingerprint density at radius 3 is 1.92 bits per heavy atom. The standard InChI is InChI=1S/C29H23F3N2O2/c1-19(20-7-9-22(10-8-20)23-11-14-25(15-12-23)29(30,31)32)34-27(28(35)36)17-26-16-13-24(18-33-26)21-5-3-2-4-6-21/h2-16,18,27,34H,1,17H2,(H,35,36). The van der Waals surface area contributed by atoms with E-state index in [1.165, 1.54) is 12.1 Å². The summed E-state index contributed by atoms with van der Waals surface area (Å²) in [6, 6.07) is 24.5. The van der Waals surface area contributed by atoms with E-state index in [1.807, 2.05) is 42.5 Å². The fraction of sp³-hybridized carbons (Fsp3) is 0.103. The van der Waals surface area contributed by atoms with Crippen molar-refractivity contribution >= 4 is 11.7 Å². The van der Waals surface area contributed by atoms with Crippen molar-refractivity contribution in [3.63, 3.8) is 0 Å². The van der Waals surface area contributed by atoms with Crippen molar-refractivity contribution < 1.29 is 23.1 Å². The summed E-state index contributed by atoms with van der Waals surface area (Å²) in [7, 11) is 0. The molecule has 0 aliphatic rings. The number of rotatable bonds is 8. The molecule has 0 aliphatic heterocycles. The number of aliphatic carboxylic acids is 1. The maximum Gasteiger partial charge on any atom is 0.416 e. The second-order valence-electron chi connectivity index (χ2n) is 8.27. The number of carboxylic acid groups (broad SMARTS) is 1.